The van der Waals surface area contributed by atoms with Gasteiger partial charge in [0, 0.05) is 45.1 Å². The van der Waals surface area contributed by atoms with Gasteiger partial charge in [-0.15, -0.1) is 0 Å². The zero-order valence-electron chi connectivity index (χ0n) is 9.01. The van der Waals surface area contributed by atoms with Crippen LogP contribution in [0.4, 0.5) is 5.95 Å². The predicted octanol–water partition coefficient (Wildman–Crippen LogP) is 0.353. The number of aliphatic hydroxyl groups is 1. The Morgan fingerprint density at radius 2 is 1.81 bits per heavy atom. The molecule has 1 aromatic rings. The lowest BCUT2D eigenvalue weighted by Crippen LogP contribution is -2.47. The fraction of sp³-hybridized carbons (Fsp3) is 0.600. The van der Waals surface area contributed by atoms with Crippen molar-refractivity contribution in [2.24, 2.45) is 0 Å². The predicted molar refractivity (Wildman–Crippen MR) is 65.5 cm³/mol. The molecule has 0 saturated carbocycles. The van der Waals surface area contributed by atoms with Crippen molar-refractivity contribution in [3.8, 4) is 0 Å². The molecule has 1 fully saturated rings. The molecule has 1 aliphatic rings. The van der Waals surface area contributed by atoms with Crippen LogP contribution in [-0.4, -0.2) is 59.3 Å². The molecule has 1 aromatic heterocycles. The summed E-state index contributed by atoms with van der Waals surface area (Å²) in [5, 5.41) is 8.85. The van der Waals surface area contributed by atoms with E-state index in [1.54, 1.807) is 12.4 Å². The second-order valence-electron chi connectivity index (χ2n) is 3.75. The van der Waals surface area contributed by atoms with E-state index in [2.05, 4.69) is 35.7 Å². The number of β-amino-alcohol motifs (C(OH)–C–C–N with tert-alkyl or cyclic N) is 1. The summed E-state index contributed by atoms with van der Waals surface area (Å²) in [7, 11) is 0. The third kappa shape index (κ3) is 2.90. The molecule has 5 nitrogen and oxygen atoms in total. The molecular weight excluding hydrogens is 272 g/mol. The fourth-order valence-electron chi connectivity index (χ4n) is 1.78. The average Bonchev–Trinajstić information content (AvgIpc) is 2.32. The summed E-state index contributed by atoms with van der Waals surface area (Å²) in [6.07, 6.45) is 3.53. The van der Waals surface area contributed by atoms with Crippen molar-refractivity contribution in [3.63, 3.8) is 0 Å². The third-order valence-corrected chi connectivity index (χ3v) is 3.09. The highest BCUT2D eigenvalue weighted by Crippen LogP contribution is 2.12. The summed E-state index contributed by atoms with van der Waals surface area (Å²) in [6.45, 7) is 4.74. The van der Waals surface area contributed by atoms with E-state index in [4.69, 9.17) is 5.11 Å². The van der Waals surface area contributed by atoms with Gasteiger partial charge in [-0.2, -0.15) is 0 Å². The smallest absolute Gasteiger partial charge is 0.225 e. The molecule has 0 unspecified atom stereocenters. The SMILES string of the molecule is OCCN1CCN(c2ncc(Br)cn2)CC1. The van der Waals surface area contributed by atoms with Crippen LogP contribution >= 0.6 is 15.9 Å². The summed E-state index contributed by atoms with van der Waals surface area (Å²) in [5.41, 5.74) is 0. The zero-order valence-corrected chi connectivity index (χ0v) is 10.6. The molecule has 0 atom stereocenters. The Kier molecular flexibility index (Phi) is 4.09. The van der Waals surface area contributed by atoms with Crippen LogP contribution in [-0.2, 0) is 0 Å². The van der Waals surface area contributed by atoms with E-state index >= 15 is 0 Å². The molecule has 0 bridgehead atoms. The summed E-state index contributed by atoms with van der Waals surface area (Å²) in [5.74, 6) is 0.784. The van der Waals surface area contributed by atoms with Gasteiger partial charge in [0.1, 0.15) is 0 Å². The number of hydrogen-bond acceptors (Lipinski definition) is 5. The van der Waals surface area contributed by atoms with Gasteiger partial charge < -0.3 is 10.0 Å². The monoisotopic (exact) mass is 286 g/mol. The molecule has 2 rings (SSSR count). The Labute approximate surface area is 103 Å². The molecule has 16 heavy (non-hydrogen) atoms. The van der Waals surface area contributed by atoms with Crippen LogP contribution in [0.1, 0.15) is 0 Å². The molecule has 0 radical (unpaired) electrons. The molecule has 6 heteroatoms. The second-order valence-corrected chi connectivity index (χ2v) is 4.67. The Balaban J connectivity index is 1.91. The molecule has 0 amide bonds. The van der Waals surface area contributed by atoms with Gasteiger partial charge >= 0.3 is 0 Å². The Morgan fingerprint density at radius 1 is 1.19 bits per heavy atom. The minimum absolute atomic E-state index is 0.231. The van der Waals surface area contributed by atoms with Crippen LogP contribution < -0.4 is 4.90 Å². The lowest BCUT2D eigenvalue weighted by Gasteiger charge is -2.34. The number of aromatic nitrogens is 2. The van der Waals surface area contributed by atoms with Gasteiger partial charge in [0.25, 0.3) is 0 Å². The minimum Gasteiger partial charge on any atom is -0.395 e. The van der Waals surface area contributed by atoms with Gasteiger partial charge in [-0.25, -0.2) is 9.97 Å². The number of halogens is 1. The van der Waals surface area contributed by atoms with Crippen molar-refractivity contribution in [2.75, 3.05) is 44.2 Å². The molecular formula is C10H15BrN4O. The van der Waals surface area contributed by atoms with E-state index in [-0.39, 0.29) is 6.61 Å². The molecule has 0 spiro atoms. The highest BCUT2D eigenvalue weighted by atomic mass is 79.9. The Hall–Kier alpha value is -0.720. The highest BCUT2D eigenvalue weighted by molar-refractivity contribution is 9.10. The van der Waals surface area contributed by atoms with Gasteiger partial charge in [0.05, 0.1) is 11.1 Å². The summed E-state index contributed by atoms with van der Waals surface area (Å²) < 4.78 is 0.898. The van der Waals surface area contributed by atoms with E-state index in [1.165, 1.54) is 0 Å². The van der Waals surface area contributed by atoms with E-state index in [0.717, 1.165) is 43.1 Å². The first-order chi connectivity index (χ1) is 7.79. The maximum absolute atomic E-state index is 8.85. The maximum Gasteiger partial charge on any atom is 0.225 e. The number of piperazine rings is 1. The van der Waals surface area contributed by atoms with Gasteiger partial charge in [-0.3, -0.25) is 4.90 Å². The summed E-state index contributed by atoms with van der Waals surface area (Å²) in [4.78, 5) is 13.0. The van der Waals surface area contributed by atoms with Crippen molar-refractivity contribution in [3.05, 3.63) is 16.9 Å². The van der Waals surface area contributed by atoms with Crippen LogP contribution in [0.15, 0.2) is 16.9 Å². The molecule has 1 N–H and O–H groups in total. The Bertz CT molecular complexity index is 324. The number of rotatable bonds is 3. The normalized spacial score (nSPS) is 17.8. The fourth-order valence-corrected chi connectivity index (χ4v) is 1.99. The van der Waals surface area contributed by atoms with E-state index in [0.29, 0.717) is 0 Å². The lowest BCUT2D eigenvalue weighted by atomic mass is 10.3. The molecule has 88 valence electrons. The Morgan fingerprint density at radius 3 is 2.38 bits per heavy atom. The molecule has 2 heterocycles. The maximum atomic E-state index is 8.85. The quantitative estimate of drug-likeness (QED) is 0.869. The van der Waals surface area contributed by atoms with Crippen molar-refractivity contribution < 1.29 is 5.11 Å². The largest absolute Gasteiger partial charge is 0.395 e. The molecule has 1 aliphatic heterocycles. The third-order valence-electron chi connectivity index (χ3n) is 2.68. The van der Waals surface area contributed by atoms with Gasteiger partial charge in [0.2, 0.25) is 5.95 Å². The number of hydrogen-bond donors (Lipinski definition) is 1. The summed E-state index contributed by atoms with van der Waals surface area (Å²) in [6, 6.07) is 0. The first-order valence-corrected chi connectivity index (χ1v) is 6.14. The number of nitrogens with zero attached hydrogens (tertiary/aromatic N) is 4. The van der Waals surface area contributed by atoms with Crippen LogP contribution in [0.2, 0.25) is 0 Å². The van der Waals surface area contributed by atoms with Crippen molar-refractivity contribution in [2.45, 2.75) is 0 Å². The van der Waals surface area contributed by atoms with E-state index in [9.17, 15) is 0 Å². The highest BCUT2D eigenvalue weighted by Gasteiger charge is 2.17. The number of aliphatic hydroxyl groups excluding tert-OH is 1. The average molecular weight is 287 g/mol. The zero-order chi connectivity index (χ0) is 11.4. The van der Waals surface area contributed by atoms with Crippen molar-refractivity contribution in [1.82, 2.24) is 14.9 Å². The second kappa shape index (κ2) is 5.56. The van der Waals surface area contributed by atoms with Crippen LogP contribution in [0.3, 0.4) is 0 Å². The number of anilines is 1. The van der Waals surface area contributed by atoms with Gasteiger partial charge in [0.15, 0.2) is 0 Å². The minimum atomic E-state index is 0.231. The first kappa shape index (κ1) is 11.8. The van der Waals surface area contributed by atoms with Crippen molar-refractivity contribution >= 4 is 21.9 Å². The lowest BCUT2D eigenvalue weighted by molar-refractivity contribution is 0.188. The van der Waals surface area contributed by atoms with E-state index < -0.39 is 0 Å². The van der Waals surface area contributed by atoms with Crippen LogP contribution in [0.25, 0.3) is 0 Å². The van der Waals surface area contributed by atoms with Gasteiger partial charge in [-0.05, 0) is 15.9 Å². The first-order valence-electron chi connectivity index (χ1n) is 5.35. The molecule has 0 aliphatic carbocycles. The topological polar surface area (TPSA) is 52.5 Å². The van der Waals surface area contributed by atoms with Crippen LogP contribution in [0.5, 0.6) is 0 Å². The standard InChI is InChI=1S/C10H15BrN4O/c11-9-7-12-10(13-8-9)15-3-1-14(2-4-15)5-6-16/h7-8,16H,1-6H2. The van der Waals surface area contributed by atoms with Gasteiger partial charge in [-0.1, -0.05) is 0 Å². The van der Waals surface area contributed by atoms with Crippen molar-refractivity contribution in [1.29, 1.82) is 0 Å². The van der Waals surface area contributed by atoms with Crippen LogP contribution in [0, 0.1) is 0 Å². The molecule has 1 saturated heterocycles. The summed E-state index contributed by atoms with van der Waals surface area (Å²) >= 11 is 3.32. The molecule has 0 aromatic carbocycles. The van der Waals surface area contributed by atoms with E-state index in [1.807, 2.05) is 0 Å².